The molecule has 0 saturated heterocycles. The van der Waals surface area contributed by atoms with Crippen LogP contribution in [0.1, 0.15) is 5.76 Å². The monoisotopic (exact) mass is 414 g/mol. The van der Waals surface area contributed by atoms with E-state index in [1.807, 2.05) is 17.6 Å². The molecular weight excluding hydrogens is 392 g/mol. The number of benzene rings is 1. The lowest BCUT2D eigenvalue weighted by atomic mass is 10.2. The smallest absolute Gasteiger partial charge is 0.234 e. The first kappa shape index (κ1) is 20.5. The van der Waals surface area contributed by atoms with Gasteiger partial charge in [0.15, 0.2) is 22.5 Å². The normalized spacial score (nSPS) is 10.6. The Balaban J connectivity index is 1.70. The predicted octanol–water partition coefficient (Wildman–Crippen LogP) is 3.78. The molecule has 152 valence electrons. The number of aryl methyl sites for hydroxylation is 1. The van der Waals surface area contributed by atoms with Gasteiger partial charge in [0, 0.05) is 18.3 Å². The molecule has 2 aromatic heterocycles. The van der Waals surface area contributed by atoms with Crippen LogP contribution in [0.5, 0.6) is 11.5 Å². The van der Waals surface area contributed by atoms with Gasteiger partial charge in [-0.05, 0) is 25.1 Å². The van der Waals surface area contributed by atoms with Crippen molar-refractivity contribution < 1.29 is 18.7 Å². The number of carbonyl (C=O) groups excluding carboxylic acids is 1. The third kappa shape index (κ3) is 4.62. The molecule has 0 fully saturated rings. The van der Waals surface area contributed by atoms with Crippen molar-refractivity contribution in [2.45, 2.75) is 18.6 Å². The molecule has 0 bridgehead atoms. The number of furan rings is 1. The minimum atomic E-state index is -0.170. The number of amides is 1. The summed E-state index contributed by atoms with van der Waals surface area (Å²) in [5.74, 6) is 2.58. The summed E-state index contributed by atoms with van der Waals surface area (Å²) in [5, 5.41) is 12.0. The second kappa shape index (κ2) is 9.33. The van der Waals surface area contributed by atoms with Crippen LogP contribution in [-0.2, 0) is 11.3 Å². The molecule has 1 amide bonds. The van der Waals surface area contributed by atoms with Crippen molar-refractivity contribution >= 4 is 23.4 Å². The van der Waals surface area contributed by atoms with Gasteiger partial charge >= 0.3 is 0 Å². The maximum atomic E-state index is 12.4. The Morgan fingerprint density at radius 1 is 1.28 bits per heavy atom. The fourth-order valence-electron chi connectivity index (χ4n) is 2.75. The van der Waals surface area contributed by atoms with E-state index < -0.39 is 0 Å². The van der Waals surface area contributed by atoms with Crippen molar-refractivity contribution in [1.29, 1.82) is 0 Å². The quantitative estimate of drug-likeness (QED) is 0.421. The van der Waals surface area contributed by atoms with E-state index in [0.29, 0.717) is 34.7 Å². The Morgan fingerprint density at radius 2 is 2.07 bits per heavy atom. The Hall–Kier alpha value is -3.20. The minimum Gasteiger partial charge on any atom is -0.493 e. The number of hydrogen-bond donors (Lipinski definition) is 1. The van der Waals surface area contributed by atoms with Crippen LogP contribution in [0.25, 0.3) is 11.4 Å². The van der Waals surface area contributed by atoms with Crippen molar-refractivity contribution in [3.63, 3.8) is 0 Å². The number of anilines is 1. The first-order valence-corrected chi connectivity index (χ1v) is 9.79. The summed E-state index contributed by atoms with van der Waals surface area (Å²) in [6.07, 6.45) is 3.37. The molecule has 0 radical (unpaired) electrons. The van der Waals surface area contributed by atoms with E-state index >= 15 is 0 Å². The summed E-state index contributed by atoms with van der Waals surface area (Å²) in [6, 6.07) is 7.05. The van der Waals surface area contributed by atoms with Crippen LogP contribution in [0.2, 0.25) is 0 Å². The number of thioether (sulfide) groups is 1. The largest absolute Gasteiger partial charge is 0.493 e. The van der Waals surface area contributed by atoms with Gasteiger partial charge in [0.25, 0.3) is 0 Å². The number of rotatable bonds is 9. The topological polar surface area (TPSA) is 91.4 Å². The Labute approximate surface area is 172 Å². The molecule has 0 aliphatic heterocycles. The van der Waals surface area contributed by atoms with Gasteiger partial charge in [-0.3, -0.25) is 9.36 Å². The van der Waals surface area contributed by atoms with Crippen molar-refractivity contribution in [2.75, 3.05) is 25.3 Å². The van der Waals surface area contributed by atoms with E-state index in [2.05, 4.69) is 22.1 Å². The Morgan fingerprint density at radius 3 is 2.72 bits per heavy atom. The average Bonchev–Trinajstić information content (AvgIpc) is 3.32. The number of ether oxygens (including phenoxy) is 2. The van der Waals surface area contributed by atoms with E-state index in [4.69, 9.17) is 13.9 Å². The Kier molecular flexibility index (Phi) is 6.61. The van der Waals surface area contributed by atoms with Gasteiger partial charge in [0.1, 0.15) is 5.76 Å². The van der Waals surface area contributed by atoms with E-state index in [0.717, 1.165) is 11.3 Å². The molecule has 0 spiro atoms. The van der Waals surface area contributed by atoms with Crippen molar-refractivity contribution in [3.8, 4) is 22.9 Å². The maximum absolute atomic E-state index is 12.4. The van der Waals surface area contributed by atoms with Crippen molar-refractivity contribution in [3.05, 3.63) is 48.9 Å². The number of nitrogens with zero attached hydrogens (tertiary/aromatic N) is 3. The zero-order valence-corrected chi connectivity index (χ0v) is 17.3. The first-order valence-electron chi connectivity index (χ1n) is 8.80. The van der Waals surface area contributed by atoms with Crippen molar-refractivity contribution in [2.24, 2.45) is 0 Å². The van der Waals surface area contributed by atoms with E-state index in [-0.39, 0.29) is 11.7 Å². The molecule has 8 nitrogen and oxygen atoms in total. The fourth-order valence-corrected chi connectivity index (χ4v) is 3.49. The molecule has 1 aromatic carbocycles. The summed E-state index contributed by atoms with van der Waals surface area (Å²) in [7, 11) is 3.11. The Bertz CT molecular complexity index is 1010. The summed E-state index contributed by atoms with van der Waals surface area (Å²) >= 11 is 1.30. The van der Waals surface area contributed by atoms with Crippen LogP contribution in [-0.4, -0.2) is 40.6 Å². The number of nitrogens with one attached hydrogen (secondary N) is 1. The summed E-state index contributed by atoms with van der Waals surface area (Å²) < 4.78 is 17.7. The average molecular weight is 414 g/mol. The molecule has 0 aliphatic carbocycles. The summed E-state index contributed by atoms with van der Waals surface area (Å²) in [6.45, 7) is 6.18. The van der Waals surface area contributed by atoms with E-state index in [1.165, 1.54) is 11.8 Å². The first-order chi connectivity index (χ1) is 14.1. The number of methoxy groups -OCH3 is 2. The molecule has 0 unspecified atom stereocenters. The lowest BCUT2D eigenvalue weighted by Gasteiger charge is -2.11. The molecule has 1 N–H and O–H groups in total. The minimum absolute atomic E-state index is 0.170. The number of allylic oxidation sites excluding steroid dienone is 1. The second-order valence-corrected chi connectivity index (χ2v) is 6.95. The number of hydrogen-bond acceptors (Lipinski definition) is 7. The lowest BCUT2D eigenvalue weighted by molar-refractivity contribution is -0.113. The summed E-state index contributed by atoms with van der Waals surface area (Å²) in [5.41, 5.74) is 1.48. The van der Waals surface area contributed by atoms with Crippen molar-refractivity contribution in [1.82, 2.24) is 14.8 Å². The van der Waals surface area contributed by atoms with Crippen LogP contribution in [0, 0.1) is 6.92 Å². The van der Waals surface area contributed by atoms with E-state index in [9.17, 15) is 4.79 Å². The fraction of sp³-hybridized carbons (Fsp3) is 0.250. The highest BCUT2D eigenvalue weighted by atomic mass is 32.2. The molecule has 9 heteroatoms. The predicted molar refractivity (Wildman–Crippen MR) is 112 cm³/mol. The van der Waals surface area contributed by atoms with E-state index in [1.54, 1.807) is 44.8 Å². The molecule has 29 heavy (non-hydrogen) atoms. The molecule has 2 heterocycles. The molecular formula is C20H22N4O4S. The van der Waals surface area contributed by atoms with Crippen LogP contribution < -0.4 is 14.8 Å². The van der Waals surface area contributed by atoms with Crippen LogP contribution in [0.3, 0.4) is 0 Å². The third-order valence-corrected chi connectivity index (χ3v) is 5.09. The highest BCUT2D eigenvalue weighted by molar-refractivity contribution is 7.99. The highest BCUT2D eigenvalue weighted by Gasteiger charge is 2.18. The van der Waals surface area contributed by atoms with Gasteiger partial charge in [-0.2, -0.15) is 0 Å². The molecule has 3 rings (SSSR count). The van der Waals surface area contributed by atoms with Gasteiger partial charge in [0.2, 0.25) is 5.91 Å². The standard InChI is InChI=1S/C20H22N4O4S/c1-5-9-24-19(15-8-10-28-13(15)2)22-23-20(24)29-12-18(25)21-14-6-7-16(26-3)17(11-14)27-4/h5-8,10-11H,1,9,12H2,2-4H3,(H,21,25). The molecule has 0 aliphatic rings. The van der Waals surface area contributed by atoms with Gasteiger partial charge < -0.3 is 19.2 Å². The zero-order chi connectivity index (χ0) is 20.8. The van der Waals surface area contributed by atoms with Gasteiger partial charge in [-0.15, -0.1) is 16.8 Å². The van der Waals surface area contributed by atoms with Crippen LogP contribution in [0.15, 0.2) is 52.8 Å². The maximum Gasteiger partial charge on any atom is 0.234 e. The van der Waals surface area contributed by atoms with Gasteiger partial charge in [-0.25, -0.2) is 0 Å². The third-order valence-electron chi connectivity index (χ3n) is 4.13. The SMILES string of the molecule is C=CCn1c(SCC(=O)Nc2ccc(OC)c(OC)c2)nnc1-c1ccoc1C. The number of aromatic nitrogens is 3. The zero-order valence-electron chi connectivity index (χ0n) is 16.5. The van der Waals surface area contributed by atoms with Crippen LogP contribution >= 0.6 is 11.8 Å². The second-order valence-electron chi connectivity index (χ2n) is 6.00. The lowest BCUT2D eigenvalue weighted by Crippen LogP contribution is -2.14. The van der Waals surface area contributed by atoms with Crippen LogP contribution in [0.4, 0.5) is 5.69 Å². The molecule has 0 saturated carbocycles. The summed E-state index contributed by atoms with van der Waals surface area (Å²) in [4.78, 5) is 12.4. The highest BCUT2D eigenvalue weighted by Crippen LogP contribution is 2.30. The molecule has 3 aromatic rings. The molecule has 0 atom stereocenters. The number of carbonyl (C=O) groups is 1. The van der Waals surface area contributed by atoms with Gasteiger partial charge in [0.05, 0.1) is 31.8 Å². The van der Waals surface area contributed by atoms with Gasteiger partial charge in [-0.1, -0.05) is 17.8 Å².